The summed E-state index contributed by atoms with van der Waals surface area (Å²) in [5, 5.41) is 6.39. The van der Waals surface area contributed by atoms with Crippen molar-refractivity contribution in [1.82, 2.24) is 24.9 Å². The number of amides is 2. The third-order valence-electron chi connectivity index (χ3n) is 6.16. The SMILES string of the molecule is CC.CC(=O)c1cc(C(=O)NCc2ccc3oc(=O)[nH]c3c2)nc2c(F)cnn12.CCCC.CCc1ccc(F)c(C(N)=O)c1. The van der Waals surface area contributed by atoms with Gasteiger partial charge in [0.05, 0.1) is 17.3 Å². The molecule has 0 fully saturated rings. The number of hydrogen-bond acceptors (Lipinski definition) is 7. The number of aryl methyl sites for hydroxylation is 1. The minimum absolute atomic E-state index is 0.0330. The molecule has 0 radical (unpaired) electrons. The Morgan fingerprint density at radius 1 is 0.978 bits per heavy atom. The molecule has 0 aliphatic heterocycles. The van der Waals surface area contributed by atoms with Crippen LogP contribution in [0.2, 0.25) is 0 Å². The van der Waals surface area contributed by atoms with Gasteiger partial charge in [-0.25, -0.2) is 23.1 Å². The Kier molecular flexibility index (Phi) is 13.7. The van der Waals surface area contributed by atoms with Crippen molar-refractivity contribution >= 4 is 34.3 Å². The van der Waals surface area contributed by atoms with E-state index in [1.807, 2.05) is 20.8 Å². The predicted molar refractivity (Wildman–Crippen MR) is 167 cm³/mol. The number of aromatic nitrogens is 4. The van der Waals surface area contributed by atoms with Gasteiger partial charge in [-0.05, 0) is 47.9 Å². The molecule has 4 N–H and O–H groups in total. The van der Waals surface area contributed by atoms with E-state index in [1.165, 1.54) is 38.0 Å². The van der Waals surface area contributed by atoms with E-state index in [0.29, 0.717) is 16.7 Å². The summed E-state index contributed by atoms with van der Waals surface area (Å²) in [6, 6.07) is 10.6. The Labute approximate surface area is 258 Å². The van der Waals surface area contributed by atoms with Gasteiger partial charge in [-0.1, -0.05) is 59.6 Å². The lowest BCUT2D eigenvalue weighted by Crippen LogP contribution is -2.25. The topological polar surface area (TPSA) is 165 Å². The molecule has 2 aromatic carbocycles. The van der Waals surface area contributed by atoms with Crippen LogP contribution in [0.4, 0.5) is 8.78 Å². The summed E-state index contributed by atoms with van der Waals surface area (Å²) in [5.74, 6) is -3.54. The molecule has 11 nitrogen and oxygen atoms in total. The monoisotopic (exact) mass is 624 g/mol. The van der Waals surface area contributed by atoms with E-state index in [0.717, 1.165) is 22.7 Å². The van der Waals surface area contributed by atoms with Gasteiger partial charge in [-0.15, -0.1) is 0 Å². The van der Waals surface area contributed by atoms with Crippen LogP contribution < -0.4 is 16.8 Å². The normalized spacial score (nSPS) is 10.1. The lowest BCUT2D eigenvalue weighted by molar-refractivity contribution is 0.0944. The first-order valence-electron chi connectivity index (χ1n) is 14.5. The fourth-order valence-electron chi connectivity index (χ4n) is 3.67. The Morgan fingerprint density at radius 2 is 1.64 bits per heavy atom. The molecule has 0 saturated heterocycles. The largest absolute Gasteiger partial charge is 0.417 e. The fraction of sp³-hybridized carbons (Fsp3) is 0.312. The van der Waals surface area contributed by atoms with Crippen LogP contribution in [-0.2, 0) is 13.0 Å². The standard InChI is InChI=1S/C17H12FN5O4.C9H10FNO.C4H10.C2H6/c1-8(24)13-5-12(21-15-10(18)7-20-23(13)15)16(25)19-6-9-2-3-14-11(4-9)22-17(26)27-14;1-2-6-3-4-8(10)7(5-6)9(11)12;1-3-4-2;1-2/h2-5,7H,6H2,1H3,(H,19,25)(H,22,26);3-5H,2H2,1H3,(H2,11,12);3-4H2,1-2H3;1-2H3. The van der Waals surface area contributed by atoms with Crippen LogP contribution in [0.1, 0.15) is 96.8 Å². The maximum Gasteiger partial charge on any atom is 0.417 e. The number of nitrogens with two attached hydrogens (primary N) is 1. The number of hydrogen-bond donors (Lipinski definition) is 3. The molecule has 240 valence electrons. The van der Waals surface area contributed by atoms with Gasteiger partial charge in [-0.3, -0.25) is 19.4 Å². The van der Waals surface area contributed by atoms with Gasteiger partial charge in [0, 0.05) is 13.5 Å². The second-order valence-electron chi connectivity index (χ2n) is 9.37. The number of aromatic amines is 1. The second kappa shape index (κ2) is 17.2. The van der Waals surface area contributed by atoms with Crippen LogP contribution in [0.25, 0.3) is 16.7 Å². The van der Waals surface area contributed by atoms with Gasteiger partial charge in [0.25, 0.3) is 11.8 Å². The number of halogens is 2. The summed E-state index contributed by atoms with van der Waals surface area (Å²) in [4.78, 5) is 52.5. The summed E-state index contributed by atoms with van der Waals surface area (Å²) < 4.78 is 32.6. The van der Waals surface area contributed by atoms with Gasteiger partial charge >= 0.3 is 5.76 Å². The van der Waals surface area contributed by atoms with E-state index in [1.54, 1.807) is 24.3 Å². The van der Waals surface area contributed by atoms with Gasteiger partial charge in [-0.2, -0.15) is 5.10 Å². The number of primary amides is 1. The van der Waals surface area contributed by atoms with Crippen molar-refractivity contribution in [3.63, 3.8) is 0 Å². The third-order valence-corrected chi connectivity index (χ3v) is 6.16. The molecule has 0 unspecified atom stereocenters. The minimum atomic E-state index is -0.735. The first kappa shape index (κ1) is 36.0. The van der Waals surface area contributed by atoms with Crippen LogP contribution in [0, 0.1) is 11.6 Å². The molecule has 5 aromatic rings. The van der Waals surface area contributed by atoms with Crippen molar-refractivity contribution in [2.24, 2.45) is 5.73 Å². The van der Waals surface area contributed by atoms with Crippen molar-refractivity contribution in [3.8, 4) is 0 Å². The smallest absolute Gasteiger partial charge is 0.408 e. The van der Waals surface area contributed by atoms with Gasteiger partial charge < -0.3 is 15.5 Å². The molecular weight excluding hydrogens is 586 g/mol. The van der Waals surface area contributed by atoms with E-state index in [4.69, 9.17) is 10.2 Å². The molecule has 0 atom stereocenters. The highest BCUT2D eigenvalue weighted by Crippen LogP contribution is 2.14. The van der Waals surface area contributed by atoms with Gasteiger partial charge in [0.15, 0.2) is 22.8 Å². The van der Waals surface area contributed by atoms with Gasteiger partial charge in [0.1, 0.15) is 17.2 Å². The highest BCUT2D eigenvalue weighted by molar-refractivity contribution is 5.98. The van der Waals surface area contributed by atoms with E-state index >= 15 is 0 Å². The zero-order valence-corrected chi connectivity index (χ0v) is 26.2. The third kappa shape index (κ3) is 9.65. The number of carbonyl (C=O) groups excluding carboxylic acids is 3. The number of nitrogens with zero attached hydrogens (tertiary/aromatic N) is 3. The molecule has 0 spiro atoms. The molecule has 0 aliphatic carbocycles. The number of fused-ring (bicyclic) bond motifs is 2. The molecule has 0 aliphatic rings. The summed E-state index contributed by atoms with van der Waals surface area (Å²) in [6.45, 7) is 11.7. The number of ketones is 1. The number of benzene rings is 2. The Hall–Kier alpha value is -5.20. The first-order chi connectivity index (χ1) is 21.5. The van der Waals surface area contributed by atoms with Crippen LogP contribution in [-0.4, -0.2) is 37.2 Å². The molecule has 5 rings (SSSR count). The second-order valence-corrected chi connectivity index (χ2v) is 9.37. The summed E-state index contributed by atoms with van der Waals surface area (Å²) in [5.41, 5.74) is 7.19. The maximum atomic E-state index is 13.8. The van der Waals surface area contributed by atoms with Gasteiger partial charge in [0.2, 0.25) is 0 Å². The molecule has 3 aromatic heterocycles. The van der Waals surface area contributed by atoms with Crippen LogP contribution in [0.3, 0.4) is 0 Å². The number of carbonyl (C=O) groups is 3. The van der Waals surface area contributed by atoms with Crippen LogP contribution >= 0.6 is 0 Å². The average Bonchev–Trinajstić information content (AvgIpc) is 3.61. The van der Waals surface area contributed by atoms with Crippen molar-refractivity contribution < 1.29 is 27.6 Å². The number of rotatable bonds is 7. The van der Waals surface area contributed by atoms with E-state index in [9.17, 15) is 28.0 Å². The number of unbranched alkanes of at least 4 members (excludes halogenated alkanes) is 1. The zero-order valence-electron chi connectivity index (χ0n) is 26.2. The molecule has 0 saturated carbocycles. The maximum absolute atomic E-state index is 13.8. The first-order valence-corrected chi connectivity index (χ1v) is 14.5. The number of H-pyrrole nitrogens is 1. The van der Waals surface area contributed by atoms with E-state index in [2.05, 4.69) is 34.2 Å². The quantitative estimate of drug-likeness (QED) is 0.194. The predicted octanol–water partition coefficient (Wildman–Crippen LogP) is 5.76. The molecule has 45 heavy (non-hydrogen) atoms. The lowest BCUT2D eigenvalue weighted by Gasteiger charge is -2.07. The molecular formula is C32H38F2N6O5. The number of oxazole rings is 1. The summed E-state index contributed by atoms with van der Waals surface area (Å²) in [6.07, 6.45) is 4.33. The van der Waals surface area contributed by atoms with E-state index in [-0.39, 0.29) is 34.9 Å². The highest BCUT2D eigenvalue weighted by atomic mass is 19.1. The van der Waals surface area contributed by atoms with E-state index < -0.39 is 29.2 Å². The van der Waals surface area contributed by atoms with Crippen molar-refractivity contribution in [1.29, 1.82) is 0 Å². The Balaban J connectivity index is 0.000000326. The average molecular weight is 625 g/mol. The van der Waals surface area contributed by atoms with Crippen LogP contribution in [0.5, 0.6) is 0 Å². The summed E-state index contributed by atoms with van der Waals surface area (Å²) >= 11 is 0. The van der Waals surface area contributed by atoms with Crippen molar-refractivity contribution in [2.75, 3.05) is 0 Å². The molecule has 3 heterocycles. The summed E-state index contributed by atoms with van der Waals surface area (Å²) in [7, 11) is 0. The van der Waals surface area contributed by atoms with Crippen molar-refractivity contribution in [3.05, 3.63) is 98.9 Å². The Morgan fingerprint density at radius 3 is 2.24 bits per heavy atom. The zero-order chi connectivity index (χ0) is 33.7. The van der Waals surface area contributed by atoms with Crippen molar-refractivity contribution in [2.45, 2.75) is 67.3 Å². The lowest BCUT2D eigenvalue weighted by atomic mass is 10.1. The molecule has 13 heteroatoms. The van der Waals surface area contributed by atoms with Crippen LogP contribution in [0.15, 0.2) is 57.9 Å². The number of Topliss-reactive ketones (excluding diaryl/α,β-unsaturated/α-hetero) is 1. The molecule has 0 bridgehead atoms. The highest BCUT2D eigenvalue weighted by Gasteiger charge is 2.18. The Bertz CT molecular complexity index is 1820. The molecule has 2 amide bonds. The number of nitrogens with one attached hydrogen (secondary N) is 2. The minimum Gasteiger partial charge on any atom is -0.408 e. The fourth-order valence-corrected chi connectivity index (χ4v) is 3.67.